The number of aryl methyl sites for hydroxylation is 1. The van der Waals surface area contributed by atoms with E-state index >= 15 is 0 Å². The minimum Gasteiger partial charge on any atom is -0.384 e. The maximum atomic E-state index is 3.63. The van der Waals surface area contributed by atoms with Crippen molar-refractivity contribution in [3.8, 4) is 0 Å². The van der Waals surface area contributed by atoms with E-state index in [4.69, 9.17) is 0 Å². The summed E-state index contributed by atoms with van der Waals surface area (Å²) in [6, 6.07) is 4.59. The van der Waals surface area contributed by atoms with Crippen molar-refractivity contribution >= 4 is 21.6 Å². The molecule has 0 unspecified atom stereocenters. The lowest BCUT2D eigenvalue weighted by Gasteiger charge is -2.38. The van der Waals surface area contributed by atoms with Crippen LogP contribution in [0.1, 0.15) is 30.4 Å². The molecule has 74 valence electrons. The van der Waals surface area contributed by atoms with Gasteiger partial charge in [-0.1, -0.05) is 22.4 Å². The molecule has 14 heavy (non-hydrogen) atoms. The molecule has 0 saturated heterocycles. The van der Waals surface area contributed by atoms with Crippen LogP contribution in [-0.2, 0) is 5.41 Å². The van der Waals surface area contributed by atoms with E-state index in [0.717, 1.165) is 6.54 Å². The molecule has 1 aromatic rings. The first kappa shape index (κ1) is 8.78. The summed E-state index contributed by atoms with van der Waals surface area (Å²) in [7, 11) is 0. The summed E-state index contributed by atoms with van der Waals surface area (Å²) in [4.78, 5) is 0. The minimum atomic E-state index is 0.492. The molecule has 1 fully saturated rings. The monoisotopic (exact) mass is 251 g/mol. The van der Waals surface area contributed by atoms with Gasteiger partial charge in [0.25, 0.3) is 0 Å². The molecule has 3 rings (SSSR count). The Labute approximate surface area is 93.0 Å². The zero-order valence-electron chi connectivity index (χ0n) is 8.36. The van der Waals surface area contributed by atoms with E-state index in [1.165, 1.54) is 35.0 Å². The fraction of sp³-hybridized carbons (Fsp3) is 0.500. The smallest absolute Gasteiger partial charge is 0.0382 e. The lowest BCUT2D eigenvalue weighted by atomic mass is 9.66. The van der Waals surface area contributed by atoms with Crippen LogP contribution in [0.15, 0.2) is 16.6 Å². The SMILES string of the molecule is Cc1cc2c(cc1Br)C1(CCC1)CN2. The van der Waals surface area contributed by atoms with Gasteiger partial charge in [0.15, 0.2) is 0 Å². The van der Waals surface area contributed by atoms with E-state index in [1.807, 2.05) is 0 Å². The quantitative estimate of drug-likeness (QED) is 0.743. The number of benzene rings is 1. The Balaban J connectivity index is 2.15. The molecular formula is C12H14BrN. The number of fused-ring (bicyclic) bond motifs is 2. The number of hydrogen-bond acceptors (Lipinski definition) is 1. The van der Waals surface area contributed by atoms with E-state index in [9.17, 15) is 0 Å². The number of rotatable bonds is 0. The van der Waals surface area contributed by atoms with Crippen LogP contribution in [-0.4, -0.2) is 6.54 Å². The highest BCUT2D eigenvalue weighted by atomic mass is 79.9. The van der Waals surface area contributed by atoms with Crippen molar-refractivity contribution in [2.75, 3.05) is 11.9 Å². The van der Waals surface area contributed by atoms with Crippen molar-refractivity contribution < 1.29 is 0 Å². The van der Waals surface area contributed by atoms with Crippen molar-refractivity contribution in [2.45, 2.75) is 31.6 Å². The van der Waals surface area contributed by atoms with E-state index in [2.05, 4.69) is 40.3 Å². The van der Waals surface area contributed by atoms with Crippen molar-refractivity contribution in [1.29, 1.82) is 0 Å². The van der Waals surface area contributed by atoms with E-state index < -0.39 is 0 Å². The van der Waals surface area contributed by atoms with Crippen LogP contribution >= 0.6 is 15.9 Å². The van der Waals surface area contributed by atoms with Crippen LogP contribution in [0.25, 0.3) is 0 Å². The van der Waals surface area contributed by atoms with Crippen LogP contribution in [0.5, 0.6) is 0 Å². The Hall–Kier alpha value is -0.500. The van der Waals surface area contributed by atoms with Crippen LogP contribution in [0.4, 0.5) is 5.69 Å². The summed E-state index contributed by atoms with van der Waals surface area (Å²) in [6.07, 6.45) is 4.12. The molecule has 1 heterocycles. The number of halogens is 1. The molecule has 0 amide bonds. The van der Waals surface area contributed by atoms with Gasteiger partial charge in [-0.3, -0.25) is 0 Å². The number of nitrogens with one attached hydrogen (secondary N) is 1. The molecule has 1 spiro atoms. The highest BCUT2D eigenvalue weighted by molar-refractivity contribution is 9.10. The molecule has 1 aliphatic carbocycles. The number of hydrogen-bond donors (Lipinski definition) is 1. The third kappa shape index (κ3) is 1.01. The molecular weight excluding hydrogens is 238 g/mol. The van der Waals surface area contributed by atoms with E-state index in [0.29, 0.717) is 5.41 Å². The Morgan fingerprint density at radius 2 is 2.14 bits per heavy atom. The second-order valence-corrected chi connectivity index (χ2v) is 5.49. The molecule has 2 heteroatoms. The maximum absolute atomic E-state index is 3.63. The van der Waals surface area contributed by atoms with Crippen LogP contribution < -0.4 is 5.32 Å². The van der Waals surface area contributed by atoms with E-state index in [-0.39, 0.29) is 0 Å². The third-order valence-corrected chi connectivity index (χ3v) is 4.65. The summed E-state index contributed by atoms with van der Waals surface area (Å²) in [5.41, 5.74) is 4.73. The summed E-state index contributed by atoms with van der Waals surface area (Å²) in [6.45, 7) is 3.30. The molecule has 0 bridgehead atoms. The lowest BCUT2D eigenvalue weighted by molar-refractivity contribution is 0.272. The molecule has 0 radical (unpaired) electrons. The first-order chi connectivity index (χ1) is 6.71. The van der Waals surface area contributed by atoms with Gasteiger partial charge in [0.1, 0.15) is 0 Å². The Kier molecular flexibility index (Phi) is 1.73. The number of anilines is 1. The minimum absolute atomic E-state index is 0.492. The Morgan fingerprint density at radius 1 is 1.36 bits per heavy atom. The molecule has 1 N–H and O–H groups in total. The first-order valence-corrected chi connectivity index (χ1v) is 6.05. The average molecular weight is 252 g/mol. The van der Waals surface area contributed by atoms with E-state index in [1.54, 1.807) is 5.56 Å². The zero-order chi connectivity index (χ0) is 9.76. The highest BCUT2D eigenvalue weighted by Crippen LogP contribution is 2.51. The zero-order valence-corrected chi connectivity index (χ0v) is 9.95. The molecule has 0 atom stereocenters. The van der Waals surface area contributed by atoms with Gasteiger partial charge in [0.2, 0.25) is 0 Å². The van der Waals surface area contributed by atoms with Crippen molar-refractivity contribution in [3.05, 3.63) is 27.7 Å². The first-order valence-electron chi connectivity index (χ1n) is 5.26. The maximum Gasteiger partial charge on any atom is 0.0382 e. The van der Waals surface area contributed by atoms with Crippen LogP contribution in [0.3, 0.4) is 0 Å². The van der Waals surface area contributed by atoms with Crippen LogP contribution in [0.2, 0.25) is 0 Å². The van der Waals surface area contributed by atoms with Gasteiger partial charge in [-0.15, -0.1) is 0 Å². The normalized spacial score (nSPS) is 21.6. The van der Waals surface area contributed by atoms with Crippen LogP contribution in [0, 0.1) is 6.92 Å². The Bertz CT molecular complexity index is 394. The predicted molar refractivity (Wildman–Crippen MR) is 62.9 cm³/mol. The molecule has 0 aromatic heterocycles. The third-order valence-electron chi connectivity index (χ3n) is 3.80. The average Bonchev–Trinajstić information content (AvgIpc) is 2.44. The fourth-order valence-corrected chi connectivity index (χ4v) is 3.02. The lowest BCUT2D eigenvalue weighted by Crippen LogP contribution is -2.35. The van der Waals surface area contributed by atoms with Gasteiger partial charge < -0.3 is 5.32 Å². The largest absolute Gasteiger partial charge is 0.384 e. The molecule has 1 saturated carbocycles. The summed E-state index contributed by atoms with van der Waals surface area (Å²) in [5.74, 6) is 0. The topological polar surface area (TPSA) is 12.0 Å². The highest BCUT2D eigenvalue weighted by Gasteiger charge is 2.43. The molecule has 1 nitrogen and oxygen atoms in total. The van der Waals surface area contributed by atoms with Gasteiger partial charge in [-0.2, -0.15) is 0 Å². The molecule has 2 aliphatic rings. The second kappa shape index (κ2) is 2.75. The van der Waals surface area contributed by atoms with Gasteiger partial charge in [0, 0.05) is 22.1 Å². The second-order valence-electron chi connectivity index (χ2n) is 4.63. The van der Waals surface area contributed by atoms with Crippen molar-refractivity contribution in [2.24, 2.45) is 0 Å². The van der Waals surface area contributed by atoms with Gasteiger partial charge >= 0.3 is 0 Å². The Morgan fingerprint density at radius 3 is 2.79 bits per heavy atom. The molecule has 1 aromatic carbocycles. The van der Waals surface area contributed by atoms with Gasteiger partial charge in [0.05, 0.1) is 0 Å². The van der Waals surface area contributed by atoms with Gasteiger partial charge in [-0.05, 0) is 43.0 Å². The van der Waals surface area contributed by atoms with Crippen molar-refractivity contribution in [3.63, 3.8) is 0 Å². The standard InChI is InChI=1S/C12H14BrN/c1-8-5-11-9(6-10(8)13)12(7-14-11)3-2-4-12/h5-6,14H,2-4,7H2,1H3. The molecule has 1 aliphatic heterocycles. The fourth-order valence-electron chi connectivity index (χ4n) is 2.68. The van der Waals surface area contributed by atoms with Crippen molar-refractivity contribution in [1.82, 2.24) is 0 Å². The summed E-state index contributed by atoms with van der Waals surface area (Å²) in [5, 5.41) is 3.54. The summed E-state index contributed by atoms with van der Waals surface area (Å²) < 4.78 is 1.26. The van der Waals surface area contributed by atoms with Gasteiger partial charge in [-0.25, -0.2) is 0 Å². The predicted octanol–water partition coefficient (Wildman–Crippen LogP) is 3.60. The summed E-state index contributed by atoms with van der Waals surface area (Å²) >= 11 is 3.63.